The standard InChI is InChI=1S/C14H21N3S/c1-14(2,3)13(9-17-6-5-15-11-17)16-8-12-4-7-18-10-12/h4-7,10-11,13,16H,8-9H2,1-3H3. The fraction of sp³-hybridized carbons (Fsp3) is 0.500. The summed E-state index contributed by atoms with van der Waals surface area (Å²) in [7, 11) is 0. The molecule has 4 heteroatoms. The van der Waals surface area contributed by atoms with E-state index in [2.05, 4.69) is 52.5 Å². The zero-order valence-corrected chi connectivity index (χ0v) is 12.1. The Bertz CT molecular complexity index is 440. The van der Waals surface area contributed by atoms with Crippen LogP contribution in [0, 0.1) is 5.41 Å². The second-order valence-electron chi connectivity index (χ2n) is 5.69. The van der Waals surface area contributed by atoms with Gasteiger partial charge in [-0.15, -0.1) is 0 Å². The fourth-order valence-corrected chi connectivity index (χ4v) is 2.55. The summed E-state index contributed by atoms with van der Waals surface area (Å²) in [5, 5.41) is 7.98. The van der Waals surface area contributed by atoms with E-state index in [-0.39, 0.29) is 5.41 Å². The van der Waals surface area contributed by atoms with Gasteiger partial charge in [-0.2, -0.15) is 11.3 Å². The molecule has 0 aromatic carbocycles. The zero-order valence-electron chi connectivity index (χ0n) is 11.3. The number of nitrogens with zero attached hydrogens (tertiary/aromatic N) is 2. The van der Waals surface area contributed by atoms with Crippen LogP contribution in [0.3, 0.4) is 0 Å². The minimum Gasteiger partial charge on any atom is -0.336 e. The quantitative estimate of drug-likeness (QED) is 0.898. The summed E-state index contributed by atoms with van der Waals surface area (Å²) in [5.41, 5.74) is 1.58. The van der Waals surface area contributed by atoms with E-state index < -0.39 is 0 Å². The molecule has 2 rings (SSSR count). The van der Waals surface area contributed by atoms with Crippen LogP contribution < -0.4 is 5.32 Å². The van der Waals surface area contributed by atoms with E-state index in [0.29, 0.717) is 6.04 Å². The second kappa shape index (κ2) is 5.67. The highest BCUT2D eigenvalue weighted by Gasteiger charge is 2.24. The van der Waals surface area contributed by atoms with Gasteiger partial charge in [-0.05, 0) is 27.8 Å². The normalized spacial score (nSPS) is 13.7. The van der Waals surface area contributed by atoms with Crippen molar-refractivity contribution >= 4 is 11.3 Å². The van der Waals surface area contributed by atoms with Gasteiger partial charge in [0.05, 0.1) is 6.33 Å². The van der Waals surface area contributed by atoms with Gasteiger partial charge in [0.15, 0.2) is 0 Å². The minimum atomic E-state index is 0.223. The van der Waals surface area contributed by atoms with Crippen molar-refractivity contribution in [1.29, 1.82) is 0 Å². The van der Waals surface area contributed by atoms with Crippen molar-refractivity contribution in [3.05, 3.63) is 41.1 Å². The first-order chi connectivity index (χ1) is 8.55. The largest absolute Gasteiger partial charge is 0.336 e. The number of imidazole rings is 1. The average molecular weight is 263 g/mol. The number of thiophene rings is 1. The lowest BCUT2D eigenvalue weighted by atomic mass is 9.86. The molecule has 0 saturated carbocycles. The summed E-state index contributed by atoms with van der Waals surface area (Å²) in [4.78, 5) is 4.10. The number of nitrogens with one attached hydrogen (secondary N) is 1. The smallest absolute Gasteiger partial charge is 0.0946 e. The van der Waals surface area contributed by atoms with Crippen molar-refractivity contribution in [1.82, 2.24) is 14.9 Å². The monoisotopic (exact) mass is 263 g/mol. The molecule has 3 nitrogen and oxygen atoms in total. The molecule has 2 aromatic rings. The van der Waals surface area contributed by atoms with Crippen LogP contribution in [0.2, 0.25) is 0 Å². The van der Waals surface area contributed by atoms with E-state index in [0.717, 1.165) is 13.1 Å². The molecule has 0 amide bonds. The van der Waals surface area contributed by atoms with E-state index in [1.54, 1.807) is 11.3 Å². The molecule has 0 saturated heterocycles. The van der Waals surface area contributed by atoms with Crippen LogP contribution in [0.4, 0.5) is 0 Å². The Balaban J connectivity index is 1.97. The number of aromatic nitrogens is 2. The van der Waals surface area contributed by atoms with Gasteiger partial charge in [-0.25, -0.2) is 4.98 Å². The Kier molecular flexibility index (Phi) is 4.19. The highest BCUT2D eigenvalue weighted by Crippen LogP contribution is 2.21. The molecule has 18 heavy (non-hydrogen) atoms. The van der Waals surface area contributed by atoms with Gasteiger partial charge in [-0.1, -0.05) is 20.8 Å². The molecule has 0 aliphatic heterocycles. The van der Waals surface area contributed by atoms with Crippen molar-refractivity contribution in [2.45, 2.75) is 39.9 Å². The maximum Gasteiger partial charge on any atom is 0.0946 e. The van der Waals surface area contributed by atoms with Crippen molar-refractivity contribution < 1.29 is 0 Å². The Morgan fingerprint density at radius 3 is 2.83 bits per heavy atom. The third kappa shape index (κ3) is 3.68. The van der Waals surface area contributed by atoms with E-state index in [4.69, 9.17) is 0 Å². The van der Waals surface area contributed by atoms with E-state index in [9.17, 15) is 0 Å². The lowest BCUT2D eigenvalue weighted by Gasteiger charge is -2.32. The number of hydrogen-bond acceptors (Lipinski definition) is 3. The topological polar surface area (TPSA) is 29.9 Å². The van der Waals surface area contributed by atoms with Crippen LogP contribution in [-0.4, -0.2) is 15.6 Å². The van der Waals surface area contributed by atoms with Crippen LogP contribution in [0.15, 0.2) is 35.5 Å². The van der Waals surface area contributed by atoms with Gasteiger partial charge < -0.3 is 9.88 Å². The first-order valence-electron chi connectivity index (χ1n) is 6.26. The Morgan fingerprint density at radius 1 is 1.44 bits per heavy atom. The molecule has 0 fully saturated rings. The maximum atomic E-state index is 4.10. The number of rotatable bonds is 5. The Morgan fingerprint density at radius 2 is 2.28 bits per heavy atom. The predicted molar refractivity (Wildman–Crippen MR) is 76.6 cm³/mol. The van der Waals surface area contributed by atoms with Gasteiger partial charge in [0, 0.05) is 31.5 Å². The van der Waals surface area contributed by atoms with E-state index in [1.807, 2.05) is 18.7 Å². The van der Waals surface area contributed by atoms with Crippen LogP contribution in [0.25, 0.3) is 0 Å². The highest BCUT2D eigenvalue weighted by atomic mass is 32.1. The zero-order chi connectivity index (χ0) is 13.0. The second-order valence-corrected chi connectivity index (χ2v) is 6.47. The predicted octanol–water partition coefficient (Wildman–Crippen LogP) is 3.15. The summed E-state index contributed by atoms with van der Waals surface area (Å²) >= 11 is 1.75. The molecule has 98 valence electrons. The third-order valence-electron chi connectivity index (χ3n) is 3.13. The molecule has 1 atom stereocenters. The molecular weight excluding hydrogens is 242 g/mol. The Labute approximate surface area is 113 Å². The van der Waals surface area contributed by atoms with E-state index in [1.165, 1.54) is 5.56 Å². The van der Waals surface area contributed by atoms with Crippen LogP contribution >= 0.6 is 11.3 Å². The van der Waals surface area contributed by atoms with Crippen molar-refractivity contribution in [3.8, 4) is 0 Å². The average Bonchev–Trinajstić information content (AvgIpc) is 2.95. The molecule has 0 bridgehead atoms. The van der Waals surface area contributed by atoms with Crippen LogP contribution in [0.1, 0.15) is 26.3 Å². The lowest BCUT2D eigenvalue weighted by Crippen LogP contribution is -2.42. The van der Waals surface area contributed by atoms with Crippen molar-refractivity contribution in [3.63, 3.8) is 0 Å². The molecule has 1 unspecified atom stereocenters. The number of hydrogen-bond donors (Lipinski definition) is 1. The van der Waals surface area contributed by atoms with Crippen molar-refractivity contribution in [2.24, 2.45) is 5.41 Å². The fourth-order valence-electron chi connectivity index (χ4n) is 1.88. The molecule has 1 N–H and O–H groups in total. The SMILES string of the molecule is CC(C)(C)C(Cn1ccnc1)NCc1ccsc1. The summed E-state index contributed by atoms with van der Waals surface area (Å²) in [6.45, 7) is 8.70. The summed E-state index contributed by atoms with van der Waals surface area (Å²) in [6.07, 6.45) is 5.73. The van der Waals surface area contributed by atoms with E-state index >= 15 is 0 Å². The van der Waals surface area contributed by atoms with Crippen molar-refractivity contribution in [2.75, 3.05) is 0 Å². The van der Waals surface area contributed by atoms with Crippen LogP contribution in [-0.2, 0) is 13.1 Å². The lowest BCUT2D eigenvalue weighted by molar-refractivity contribution is 0.240. The molecule has 2 heterocycles. The van der Waals surface area contributed by atoms with Gasteiger partial charge >= 0.3 is 0 Å². The molecule has 2 aromatic heterocycles. The van der Waals surface area contributed by atoms with Gasteiger partial charge in [0.1, 0.15) is 0 Å². The molecule has 0 aliphatic carbocycles. The molecular formula is C14H21N3S. The minimum absolute atomic E-state index is 0.223. The maximum absolute atomic E-state index is 4.10. The molecule has 0 spiro atoms. The van der Waals surface area contributed by atoms with Gasteiger partial charge in [0.2, 0.25) is 0 Å². The molecule has 0 aliphatic rings. The highest BCUT2D eigenvalue weighted by molar-refractivity contribution is 7.07. The van der Waals surface area contributed by atoms with Crippen LogP contribution in [0.5, 0.6) is 0 Å². The first kappa shape index (κ1) is 13.3. The summed E-state index contributed by atoms with van der Waals surface area (Å²) in [5.74, 6) is 0. The third-order valence-corrected chi connectivity index (χ3v) is 3.86. The molecule has 0 radical (unpaired) electrons. The Hall–Kier alpha value is -1.13. The van der Waals surface area contributed by atoms with Gasteiger partial charge in [0.25, 0.3) is 0 Å². The summed E-state index contributed by atoms with van der Waals surface area (Å²) < 4.78 is 2.14. The van der Waals surface area contributed by atoms with Gasteiger partial charge in [-0.3, -0.25) is 0 Å². The first-order valence-corrected chi connectivity index (χ1v) is 7.20. The summed E-state index contributed by atoms with van der Waals surface area (Å²) in [6, 6.07) is 2.60.